The molecular weight excluding hydrogens is 498 g/mol. The number of carbonyl (C=O) groups is 3. The number of amidine groups is 1. The van der Waals surface area contributed by atoms with Gasteiger partial charge in [-0.15, -0.1) is 0 Å². The summed E-state index contributed by atoms with van der Waals surface area (Å²) in [6.07, 6.45) is 0.549. The molecule has 0 saturated carbocycles. The van der Waals surface area contributed by atoms with Crippen LogP contribution in [0.5, 0.6) is 11.5 Å². The van der Waals surface area contributed by atoms with Gasteiger partial charge in [-0.3, -0.25) is 19.8 Å². The van der Waals surface area contributed by atoms with Crippen molar-refractivity contribution in [2.75, 3.05) is 33.9 Å². The van der Waals surface area contributed by atoms with Crippen LogP contribution in [0.15, 0.2) is 24.3 Å². The number of amides is 1. The molecule has 0 saturated heterocycles. The van der Waals surface area contributed by atoms with Crippen LogP contribution in [0.4, 0.5) is 0 Å². The molecule has 1 aliphatic rings. The topological polar surface area (TPSA) is 118 Å². The molecule has 1 aliphatic heterocycles. The Morgan fingerprint density at radius 1 is 1.08 bits per heavy atom. The molecule has 1 heterocycles. The number of Topliss-reactive ketones (excluding diaryl/α,β-unsaturated/α-hetero) is 1. The van der Waals surface area contributed by atoms with E-state index in [1.807, 2.05) is 33.8 Å². The number of benzene rings is 2. The molecule has 39 heavy (non-hydrogen) atoms. The number of hydrogen-bond acceptors (Lipinski definition) is 7. The maximum Gasteiger partial charge on any atom is 0.306 e. The Labute approximate surface area is 230 Å². The van der Waals surface area contributed by atoms with Crippen molar-refractivity contribution in [3.8, 4) is 11.5 Å². The number of methoxy groups -OCH3 is 1. The number of ketones is 1. The number of nitrogens with zero attached hydrogens (tertiary/aromatic N) is 1. The Morgan fingerprint density at radius 2 is 1.79 bits per heavy atom. The fraction of sp³-hybridized carbons (Fsp3) is 0.467. The Morgan fingerprint density at radius 3 is 2.38 bits per heavy atom. The highest BCUT2D eigenvalue weighted by Gasteiger charge is 2.30. The monoisotopic (exact) mass is 537 g/mol. The van der Waals surface area contributed by atoms with Crippen molar-refractivity contribution in [2.45, 2.75) is 59.4 Å². The van der Waals surface area contributed by atoms with Gasteiger partial charge in [0.05, 0.1) is 32.4 Å². The molecule has 0 spiro atoms. The molecule has 1 amide bonds. The van der Waals surface area contributed by atoms with Gasteiger partial charge < -0.3 is 24.4 Å². The lowest BCUT2D eigenvalue weighted by Gasteiger charge is -2.25. The van der Waals surface area contributed by atoms with Gasteiger partial charge in [0.1, 0.15) is 17.3 Å². The normalized spacial score (nSPS) is 12.7. The fourth-order valence-electron chi connectivity index (χ4n) is 4.72. The van der Waals surface area contributed by atoms with Gasteiger partial charge in [-0.2, -0.15) is 0 Å². The van der Waals surface area contributed by atoms with Crippen LogP contribution in [-0.2, 0) is 27.9 Å². The van der Waals surface area contributed by atoms with Crippen molar-refractivity contribution in [1.29, 1.82) is 5.41 Å². The summed E-state index contributed by atoms with van der Waals surface area (Å²) in [5.41, 5.74) is 3.58. The van der Waals surface area contributed by atoms with Crippen LogP contribution in [0.2, 0.25) is 0 Å². The van der Waals surface area contributed by atoms with Crippen molar-refractivity contribution in [3.05, 3.63) is 57.6 Å². The van der Waals surface area contributed by atoms with Crippen LogP contribution in [-0.4, -0.2) is 62.3 Å². The smallest absolute Gasteiger partial charge is 0.306 e. The molecule has 0 aliphatic carbocycles. The van der Waals surface area contributed by atoms with Gasteiger partial charge >= 0.3 is 5.97 Å². The van der Waals surface area contributed by atoms with Crippen LogP contribution in [0, 0.1) is 5.41 Å². The summed E-state index contributed by atoms with van der Waals surface area (Å²) in [5, 5.41) is 11.4. The standard InChI is InChI=1S/C30H39N3O6/c1-8-38-25-14-20-16-33(28(31)21(20)15-22(25)29(36)32-6)17-24(34)19-12-18(10-11-26(35)39-9-2)27(37-7)23(13-19)30(3,4)5/h12-15,31H,8-11,16-17H2,1-7H3,(H,32,36). The van der Waals surface area contributed by atoms with E-state index in [1.165, 1.54) is 0 Å². The molecule has 0 unspecified atom stereocenters. The van der Waals surface area contributed by atoms with E-state index in [-0.39, 0.29) is 41.9 Å². The minimum Gasteiger partial charge on any atom is -0.496 e. The number of rotatable bonds is 11. The first-order chi connectivity index (χ1) is 18.4. The second kappa shape index (κ2) is 12.3. The molecule has 0 atom stereocenters. The zero-order chi connectivity index (χ0) is 28.9. The summed E-state index contributed by atoms with van der Waals surface area (Å²) in [7, 11) is 3.13. The van der Waals surface area contributed by atoms with Crippen molar-refractivity contribution in [2.24, 2.45) is 0 Å². The number of hydrogen-bond donors (Lipinski definition) is 2. The number of aryl methyl sites for hydroxylation is 1. The van der Waals surface area contributed by atoms with Crippen LogP contribution < -0.4 is 14.8 Å². The second-order valence-corrected chi connectivity index (χ2v) is 10.4. The third kappa shape index (κ3) is 6.58. The summed E-state index contributed by atoms with van der Waals surface area (Å²) in [6.45, 7) is 10.8. The van der Waals surface area contributed by atoms with Crippen molar-refractivity contribution in [1.82, 2.24) is 10.2 Å². The quantitative estimate of drug-likeness (QED) is 0.325. The molecular formula is C30H39N3O6. The van der Waals surface area contributed by atoms with E-state index in [1.54, 1.807) is 44.2 Å². The molecule has 2 aromatic carbocycles. The first kappa shape index (κ1) is 29.7. The predicted octanol–water partition coefficient (Wildman–Crippen LogP) is 4.27. The van der Waals surface area contributed by atoms with Crippen LogP contribution in [0.3, 0.4) is 0 Å². The maximum atomic E-state index is 13.6. The van der Waals surface area contributed by atoms with E-state index >= 15 is 0 Å². The largest absolute Gasteiger partial charge is 0.496 e. The van der Waals surface area contributed by atoms with E-state index in [2.05, 4.69) is 5.32 Å². The summed E-state index contributed by atoms with van der Waals surface area (Å²) >= 11 is 0. The molecule has 9 heteroatoms. The average molecular weight is 538 g/mol. The third-order valence-corrected chi connectivity index (χ3v) is 6.65. The number of ether oxygens (including phenoxy) is 3. The Kier molecular flexibility index (Phi) is 9.37. The number of esters is 1. The first-order valence-corrected chi connectivity index (χ1v) is 13.2. The Hall–Kier alpha value is -3.88. The van der Waals surface area contributed by atoms with Gasteiger partial charge in [0, 0.05) is 36.7 Å². The number of fused-ring (bicyclic) bond motifs is 1. The highest BCUT2D eigenvalue weighted by atomic mass is 16.5. The summed E-state index contributed by atoms with van der Waals surface area (Å²) in [5.74, 6) is 0.530. The molecule has 0 bridgehead atoms. The van der Waals surface area contributed by atoms with E-state index in [0.717, 1.165) is 16.7 Å². The van der Waals surface area contributed by atoms with Gasteiger partial charge in [0.2, 0.25) is 0 Å². The van der Waals surface area contributed by atoms with E-state index in [4.69, 9.17) is 19.6 Å². The lowest BCUT2D eigenvalue weighted by atomic mass is 9.83. The van der Waals surface area contributed by atoms with Crippen LogP contribution in [0.25, 0.3) is 0 Å². The lowest BCUT2D eigenvalue weighted by Crippen LogP contribution is -2.30. The Balaban J connectivity index is 1.92. The highest BCUT2D eigenvalue weighted by molar-refractivity contribution is 6.07. The molecule has 0 radical (unpaired) electrons. The second-order valence-electron chi connectivity index (χ2n) is 10.4. The Bertz CT molecular complexity index is 1280. The van der Waals surface area contributed by atoms with E-state index < -0.39 is 0 Å². The predicted molar refractivity (Wildman–Crippen MR) is 149 cm³/mol. The minimum absolute atomic E-state index is 0.0139. The summed E-state index contributed by atoms with van der Waals surface area (Å²) < 4.78 is 16.5. The summed E-state index contributed by atoms with van der Waals surface area (Å²) in [4.78, 5) is 39.8. The van der Waals surface area contributed by atoms with Gasteiger partial charge in [0.25, 0.3) is 5.91 Å². The molecule has 9 nitrogen and oxygen atoms in total. The van der Waals surface area contributed by atoms with E-state index in [9.17, 15) is 14.4 Å². The average Bonchev–Trinajstić information content (AvgIpc) is 3.19. The molecule has 2 aromatic rings. The third-order valence-electron chi connectivity index (χ3n) is 6.65. The molecule has 0 aromatic heterocycles. The number of nitrogens with one attached hydrogen (secondary N) is 2. The SMILES string of the molecule is CCOC(=O)CCc1cc(C(=O)CN2Cc3cc(OCC)c(C(=O)NC)cc3C2=N)cc(C(C)(C)C)c1OC. The summed E-state index contributed by atoms with van der Waals surface area (Å²) in [6, 6.07) is 7.06. The van der Waals surface area contributed by atoms with Crippen molar-refractivity contribution in [3.63, 3.8) is 0 Å². The van der Waals surface area contributed by atoms with Gasteiger partial charge in [-0.05, 0) is 61.1 Å². The van der Waals surface area contributed by atoms with Crippen LogP contribution in [0.1, 0.15) is 84.0 Å². The van der Waals surface area contributed by atoms with E-state index in [0.29, 0.717) is 54.4 Å². The molecule has 3 rings (SSSR count). The minimum atomic E-state index is -0.317. The molecule has 210 valence electrons. The fourth-order valence-corrected chi connectivity index (χ4v) is 4.72. The van der Waals surface area contributed by atoms with Crippen molar-refractivity contribution < 1.29 is 28.6 Å². The number of carbonyl (C=O) groups excluding carboxylic acids is 3. The van der Waals surface area contributed by atoms with Gasteiger partial charge in [-0.25, -0.2) is 0 Å². The molecule has 0 fully saturated rings. The van der Waals surface area contributed by atoms with Gasteiger partial charge in [0.15, 0.2) is 5.78 Å². The van der Waals surface area contributed by atoms with Crippen LogP contribution >= 0.6 is 0 Å². The zero-order valence-electron chi connectivity index (χ0n) is 23.9. The molecule has 2 N–H and O–H groups in total. The van der Waals surface area contributed by atoms with Crippen molar-refractivity contribution >= 4 is 23.5 Å². The van der Waals surface area contributed by atoms with Gasteiger partial charge in [-0.1, -0.05) is 20.8 Å². The zero-order valence-corrected chi connectivity index (χ0v) is 23.9. The lowest BCUT2D eigenvalue weighted by molar-refractivity contribution is -0.143. The first-order valence-electron chi connectivity index (χ1n) is 13.2. The maximum absolute atomic E-state index is 13.6. The highest BCUT2D eigenvalue weighted by Crippen LogP contribution is 2.37.